The first-order chi connectivity index (χ1) is 8.63. The maximum Gasteiger partial charge on any atom is 0.222 e. The fourth-order valence-electron chi connectivity index (χ4n) is 1.63. The molecule has 1 aromatic carbocycles. The molecule has 0 spiro atoms. The van der Waals surface area contributed by atoms with E-state index in [1.54, 1.807) is 6.08 Å². The third kappa shape index (κ3) is 4.82. The normalized spacial score (nSPS) is 11.4. The number of nitrogens with one attached hydrogen (secondary N) is 2. The highest BCUT2D eigenvalue weighted by atomic mass is 16.2. The first-order valence-corrected chi connectivity index (χ1v) is 5.83. The molecule has 0 heterocycles. The van der Waals surface area contributed by atoms with Crippen LogP contribution in [0.25, 0.3) is 0 Å². The lowest BCUT2D eigenvalue weighted by Crippen LogP contribution is -2.32. The van der Waals surface area contributed by atoms with Crippen molar-refractivity contribution in [3.8, 4) is 0 Å². The molecular formula is C14H18N2O2. The Kier molecular flexibility index (Phi) is 5.64. The van der Waals surface area contributed by atoms with Gasteiger partial charge < -0.3 is 10.6 Å². The van der Waals surface area contributed by atoms with Gasteiger partial charge in [0, 0.05) is 13.5 Å². The van der Waals surface area contributed by atoms with Gasteiger partial charge in [-0.3, -0.25) is 9.59 Å². The fourth-order valence-corrected chi connectivity index (χ4v) is 1.63. The predicted octanol–water partition coefficient (Wildman–Crippen LogP) is 1.56. The molecule has 18 heavy (non-hydrogen) atoms. The molecule has 1 rings (SSSR count). The van der Waals surface area contributed by atoms with Gasteiger partial charge in [0.2, 0.25) is 11.8 Å². The number of benzene rings is 1. The summed E-state index contributed by atoms with van der Waals surface area (Å²) in [5.74, 6) is -0.266. The van der Waals surface area contributed by atoms with Crippen LogP contribution in [0.3, 0.4) is 0 Å². The molecule has 96 valence electrons. The zero-order valence-corrected chi connectivity index (χ0v) is 10.5. The average molecular weight is 246 g/mol. The molecule has 4 nitrogen and oxygen atoms in total. The Bertz CT molecular complexity index is 415. The van der Waals surface area contributed by atoms with E-state index in [2.05, 4.69) is 17.2 Å². The molecule has 1 aromatic rings. The second-order valence-corrected chi connectivity index (χ2v) is 3.96. The summed E-state index contributed by atoms with van der Waals surface area (Å²) in [4.78, 5) is 22.8. The van der Waals surface area contributed by atoms with Gasteiger partial charge in [-0.05, 0) is 5.56 Å². The van der Waals surface area contributed by atoms with E-state index in [-0.39, 0.29) is 24.3 Å². The van der Waals surface area contributed by atoms with Crippen LogP contribution in [-0.2, 0) is 9.59 Å². The third-order valence-corrected chi connectivity index (χ3v) is 2.41. The molecule has 0 aliphatic carbocycles. The quantitative estimate of drug-likeness (QED) is 0.748. The van der Waals surface area contributed by atoms with Crippen molar-refractivity contribution in [1.29, 1.82) is 0 Å². The summed E-state index contributed by atoms with van der Waals surface area (Å²) in [7, 11) is 0. The lowest BCUT2D eigenvalue weighted by molar-refractivity contribution is -0.122. The second-order valence-electron chi connectivity index (χ2n) is 3.96. The van der Waals surface area contributed by atoms with Crippen molar-refractivity contribution in [2.75, 3.05) is 6.54 Å². The van der Waals surface area contributed by atoms with Gasteiger partial charge in [-0.25, -0.2) is 0 Å². The zero-order valence-electron chi connectivity index (χ0n) is 10.5. The highest BCUT2D eigenvalue weighted by Gasteiger charge is 2.16. The SMILES string of the molecule is C=CCNC(=O)C[C@@H](NC(C)=O)c1ccccc1. The summed E-state index contributed by atoms with van der Waals surface area (Å²) in [6.07, 6.45) is 1.84. The van der Waals surface area contributed by atoms with Crippen molar-refractivity contribution >= 4 is 11.8 Å². The van der Waals surface area contributed by atoms with E-state index < -0.39 is 0 Å². The maximum absolute atomic E-state index is 11.7. The van der Waals surface area contributed by atoms with Crippen LogP contribution in [0.2, 0.25) is 0 Å². The lowest BCUT2D eigenvalue weighted by Gasteiger charge is -2.17. The zero-order chi connectivity index (χ0) is 13.4. The maximum atomic E-state index is 11.7. The number of rotatable bonds is 6. The molecule has 0 aliphatic heterocycles. The molecule has 0 bridgehead atoms. The Morgan fingerprint density at radius 2 is 2.00 bits per heavy atom. The molecule has 2 N–H and O–H groups in total. The van der Waals surface area contributed by atoms with Gasteiger partial charge in [0.25, 0.3) is 0 Å². The summed E-state index contributed by atoms with van der Waals surface area (Å²) < 4.78 is 0. The fraction of sp³-hybridized carbons (Fsp3) is 0.286. The second kappa shape index (κ2) is 7.27. The van der Waals surface area contributed by atoms with Crippen molar-refractivity contribution in [2.24, 2.45) is 0 Å². The van der Waals surface area contributed by atoms with Crippen LogP contribution in [0, 0.1) is 0 Å². The Labute approximate surface area is 107 Å². The molecule has 0 saturated heterocycles. The molecular weight excluding hydrogens is 228 g/mol. The number of hydrogen-bond acceptors (Lipinski definition) is 2. The van der Waals surface area contributed by atoms with Crippen LogP contribution in [-0.4, -0.2) is 18.4 Å². The highest BCUT2D eigenvalue weighted by Crippen LogP contribution is 2.16. The number of carbonyl (C=O) groups excluding carboxylic acids is 2. The molecule has 0 saturated carbocycles. The minimum Gasteiger partial charge on any atom is -0.353 e. The van der Waals surface area contributed by atoms with Gasteiger partial charge in [0.15, 0.2) is 0 Å². The van der Waals surface area contributed by atoms with Crippen LogP contribution in [0.5, 0.6) is 0 Å². The molecule has 0 fully saturated rings. The van der Waals surface area contributed by atoms with Gasteiger partial charge in [0.1, 0.15) is 0 Å². The van der Waals surface area contributed by atoms with E-state index >= 15 is 0 Å². The largest absolute Gasteiger partial charge is 0.353 e. The van der Waals surface area contributed by atoms with Crippen LogP contribution < -0.4 is 10.6 Å². The van der Waals surface area contributed by atoms with E-state index in [0.29, 0.717) is 6.54 Å². The Morgan fingerprint density at radius 3 is 2.56 bits per heavy atom. The summed E-state index contributed by atoms with van der Waals surface area (Å²) in [5.41, 5.74) is 0.918. The van der Waals surface area contributed by atoms with Crippen molar-refractivity contribution in [3.63, 3.8) is 0 Å². The minimum atomic E-state index is -0.298. The molecule has 0 unspecified atom stereocenters. The molecule has 0 aliphatic rings. The van der Waals surface area contributed by atoms with Crippen LogP contribution in [0.15, 0.2) is 43.0 Å². The van der Waals surface area contributed by atoms with E-state index in [1.165, 1.54) is 6.92 Å². The average Bonchev–Trinajstić information content (AvgIpc) is 2.36. The number of hydrogen-bond donors (Lipinski definition) is 2. The van der Waals surface area contributed by atoms with E-state index in [0.717, 1.165) is 5.56 Å². The highest BCUT2D eigenvalue weighted by molar-refractivity contribution is 5.79. The van der Waals surface area contributed by atoms with Gasteiger partial charge in [-0.1, -0.05) is 36.4 Å². The number of amides is 2. The summed E-state index contributed by atoms with van der Waals surface area (Å²) >= 11 is 0. The summed E-state index contributed by atoms with van der Waals surface area (Å²) in [5, 5.41) is 5.48. The molecule has 1 atom stereocenters. The summed E-state index contributed by atoms with van der Waals surface area (Å²) in [6.45, 7) is 5.41. The molecule has 0 radical (unpaired) electrons. The van der Waals surface area contributed by atoms with Crippen LogP contribution >= 0.6 is 0 Å². The minimum absolute atomic E-state index is 0.113. The van der Waals surface area contributed by atoms with Gasteiger partial charge in [0.05, 0.1) is 12.5 Å². The molecule has 0 aromatic heterocycles. The monoisotopic (exact) mass is 246 g/mol. The van der Waals surface area contributed by atoms with E-state index in [4.69, 9.17) is 0 Å². The van der Waals surface area contributed by atoms with Gasteiger partial charge in [-0.2, -0.15) is 0 Å². The Hall–Kier alpha value is -2.10. The van der Waals surface area contributed by atoms with E-state index in [1.807, 2.05) is 30.3 Å². The Balaban J connectivity index is 2.70. The van der Waals surface area contributed by atoms with E-state index in [9.17, 15) is 9.59 Å². The van der Waals surface area contributed by atoms with Crippen molar-refractivity contribution < 1.29 is 9.59 Å². The van der Waals surface area contributed by atoms with Crippen molar-refractivity contribution in [2.45, 2.75) is 19.4 Å². The Morgan fingerprint density at radius 1 is 1.33 bits per heavy atom. The molecule has 2 amide bonds. The van der Waals surface area contributed by atoms with Crippen molar-refractivity contribution in [3.05, 3.63) is 48.6 Å². The van der Waals surface area contributed by atoms with Crippen LogP contribution in [0.1, 0.15) is 24.9 Å². The van der Waals surface area contributed by atoms with Crippen molar-refractivity contribution in [1.82, 2.24) is 10.6 Å². The summed E-state index contributed by atoms with van der Waals surface area (Å²) in [6, 6.07) is 9.14. The molecule has 4 heteroatoms. The van der Waals surface area contributed by atoms with Crippen LogP contribution in [0.4, 0.5) is 0 Å². The van der Waals surface area contributed by atoms with Gasteiger partial charge in [-0.15, -0.1) is 6.58 Å². The number of carbonyl (C=O) groups is 2. The first kappa shape index (κ1) is 14.0. The van der Waals surface area contributed by atoms with Gasteiger partial charge >= 0.3 is 0 Å². The predicted molar refractivity (Wildman–Crippen MR) is 70.8 cm³/mol. The third-order valence-electron chi connectivity index (χ3n) is 2.41. The topological polar surface area (TPSA) is 58.2 Å². The first-order valence-electron chi connectivity index (χ1n) is 5.83. The lowest BCUT2D eigenvalue weighted by atomic mass is 10.0. The smallest absolute Gasteiger partial charge is 0.222 e. The standard InChI is InChI=1S/C14H18N2O2/c1-3-9-15-14(18)10-13(16-11(2)17)12-7-5-4-6-8-12/h3-8,13H,1,9-10H2,2H3,(H,15,18)(H,16,17)/t13-/m1/s1.